The molecule has 3 nitrogen and oxygen atoms in total. The van der Waals surface area contributed by atoms with Gasteiger partial charge in [0.1, 0.15) is 11.0 Å². The third kappa shape index (κ3) is 3.72. The highest BCUT2D eigenvalue weighted by atomic mass is 32.2. The van der Waals surface area contributed by atoms with E-state index < -0.39 is 9.84 Å². The molecule has 0 aromatic heterocycles. The fourth-order valence-corrected chi connectivity index (χ4v) is 2.97. The van der Waals surface area contributed by atoms with Gasteiger partial charge in [0.15, 0.2) is 0 Å². The van der Waals surface area contributed by atoms with Crippen molar-refractivity contribution in [1.29, 1.82) is 5.26 Å². The van der Waals surface area contributed by atoms with Crippen molar-refractivity contribution in [3.63, 3.8) is 0 Å². The highest BCUT2D eigenvalue weighted by Gasteiger charge is 2.19. The van der Waals surface area contributed by atoms with E-state index in [4.69, 9.17) is 5.26 Å². The van der Waals surface area contributed by atoms with Gasteiger partial charge in [0.25, 0.3) is 0 Å². The molecule has 4 heteroatoms. The fourth-order valence-electron chi connectivity index (χ4n) is 1.84. The van der Waals surface area contributed by atoms with Gasteiger partial charge in [0, 0.05) is 0 Å². The molecule has 110 valence electrons. The number of benzene rings is 2. The molecule has 0 radical (unpaired) electrons. The van der Waals surface area contributed by atoms with Crippen LogP contribution in [0.3, 0.4) is 0 Å². The van der Waals surface area contributed by atoms with Gasteiger partial charge in [-0.05, 0) is 30.7 Å². The molecular formula is C18H15NO2S. The number of sulfone groups is 1. The van der Waals surface area contributed by atoms with Crippen molar-refractivity contribution in [3.05, 3.63) is 82.8 Å². The molecular weight excluding hydrogens is 294 g/mol. The third-order valence-corrected chi connectivity index (χ3v) is 4.77. The Morgan fingerprint density at radius 2 is 1.68 bits per heavy atom. The summed E-state index contributed by atoms with van der Waals surface area (Å²) >= 11 is 0. The Bertz CT molecular complexity index is 840. The van der Waals surface area contributed by atoms with Crippen molar-refractivity contribution >= 4 is 15.9 Å². The summed E-state index contributed by atoms with van der Waals surface area (Å²) in [6, 6.07) is 17.7. The first-order valence-corrected chi connectivity index (χ1v) is 8.17. The molecule has 2 rings (SSSR count). The molecule has 0 saturated heterocycles. The van der Waals surface area contributed by atoms with Crippen LogP contribution in [-0.4, -0.2) is 8.42 Å². The lowest BCUT2D eigenvalue weighted by atomic mass is 10.2. The summed E-state index contributed by atoms with van der Waals surface area (Å²) in [7, 11) is -3.77. The summed E-state index contributed by atoms with van der Waals surface area (Å²) in [5, 5.41) is 9.14. The number of nitriles is 1. The van der Waals surface area contributed by atoms with Crippen LogP contribution in [0.5, 0.6) is 0 Å². The largest absolute Gasteiger partial charge is 0.218 e. The maximum Gasteiger partial charge on any atom is 0.216 e. The first-order chi connectivity index (χ1) is 10.5. The van der Waals surface area contributed by atoms with Crippen LogP contribution in [0.25, 0.3) is 6.08 Å². The standard InChI is InChI=1S/C18H15NO2S/c1-15-10-12-17(13-11-15)22(20,21)18(14-19)9-5-8-16-6-3-2-4-7-16/h2-13H,1H3/b8-5-,18-9-. The van der Waals surface area contributed by atoms with Gasteiger partial charge in [0.2, 0.25) is 9.84 Å². The molecule has 2 aromatic rings. The maximum atomic E-state index is 12.4. The number of rotatable bonds is 4. The lowest BCUT2D eigenvalue weighted by Gasteiger charge is -2.02. The molecule has 0 atom stereocenters. The number of allylic oxidation sites excluding steroid dienone is 3. The number of hydrogen-bond acceptors (Lipinski definition) is 3. The van der Waals surface area contributed by atoms with Gasteiger partial charge in [-0.25, -0.2) is 8.42 Å². The Kier molecular flexibility index (Phi) is 4.92. The zero-order chi connectivity index (χ0) is 16.0. The van der Waals surface area contributed by atoms with E-state index in [9.17, 15) is 8.42 Å². The van der Waals surface area contributed by atoms with Crippen LogP contribution < -0.4 is 0 Å². The Morgan fingerprint density at radius 1 is 1.05 bits per heavy atom. The minimum atomic E-state index is -3.77. The van der Waals surface area contributed by atoms with Gasteiger partial charge in [-0.1, -0.05) is 60.2 Å². The molecule has 0 N–H and O–H groups in total. The normalized spacial score (nSPS) is 12.3. The summed E-state index contributed by atoms with van der Waals surface area (Å²) in [5.41, 5.74) is 1.90. The Hall–Kier alpha value is -2.64. The Morgan fingerprint density at radius 3 is 2.27 bits per heavy atom. The van der Waals surface area contributed by atoms with E-state index in [2.05, 4.69) is 0 Å². The molecule has 0 unspecified atom stereocenters. The predicted octanol–water partition coefficient (Wildman–Crippen LogP) is 3.89. The van der Waals surface area contributed by atoms with E-state index in [1.807, 2.05) is 37.3 Å². The first kappa shape index (κ1) is 15.7. The Labute approximate surface area is 130 Å². The molecule has 22 heavy (non-hydrogen) atoms. The molecule has 0 aliphatic carbocycles. The molecule has 0 heterocycles. The highest BCUT2D eigenvalue weighted by Crippen LogP contribution is 2.19. The molecule has 0 saturated carbocycles. The predicted molar refractivity (Wildman–Crippen MR) is 87.5 cm³/mol. The molecule has 0 aliphatic rings. The van der Waals surface area contributed by atoms with Crippen molar-refractivity contribution in [2.75, 3.05) is 0 Å². The zero-order valence-electron chi connectivity index (χ0n) is 12.1. The first-order valence-electron chi connectivity index (χ1n) is 6.69. The van der Waals surface area contributed by atoms with Gasteiger partial charge in [-0.15, -0.1) is 0 Å². The summed E-state index contributed by atoms with van der Waals surface area (Å²) in [6.07, 6.45) is 4.64. The minimum absolute atomic E-state index is 0.124. The van der Waals surface area contributed by atoms with E-state index in [1.165, 1.54) is 18.2 Å². The van der Waals surface area contributed by atoms with E-state index in [0.29, 0.717) is 0 Å². The van der Waals surface area contributed by atoms with Crippen LogP contribution in [0.15, 0.2) is 76.5 Å². The van der Waals surface area contributed by atoms with Crippen molar-refractivity contribution < 1.29 is 8.42 Å². The molecule has 0 amide bonds. The van der Waals surface area contributed by atoms with Crippen LogP contribution in [0, 0.1) is 18.3 Å². The lowest BCUT2D eigenvalue weighted by molar-refractivity contribution is 0.603. The van der Waals surface area contributed by atoms with Crippen LogP contribution in [0.4, 0.5) is 0 Å². The molecule has 0 aliphatic heterocycles. The second-order valence-corrected chi connectivity index (χ2v) is 6.65. The van der Waals surface area contributed by atoms with Gasteiger partial charge in [0.05, 0.1) is 4.90 Å². The molecule has 0 fully saturated rings. The summed E-state index contributed by atoms with van der Waals surface area (Å²) < 4.78 is 24.8. The highest BCUT2D eigenvalue weighted by molar-refractivity contribution is 7.95. The number of hydrogen-bond donors (Lipinski definition) is 0. The van der Waals surface area contributed by atoms with Gasteiger partial charge in [-0.3, -0.25) is 0 Å². The van der Waals surface area contributed by atoms with E-state index in [1.54, 1.807) is 30.4 Å². The van der Waals surface area contributed by atoms with Crippen molar-refractivity contribution in [2.24, 2.45) is 0 Å². The number of aryl methyl sites for hydroxylation is 1. The smallest absolute Gasteiger partial charge is 0.216 e. The summed E-state index contributed by atoms with van der Waals surface area (Å²) in [6.45, 7) is 1.88. The zero-order valence-corrected chi connectivity index (χ0v) is 12.9. The quantitative estimate of drug-likeness (QED) is 0.636. The van der Waals surface area contributed by atoms with Gasteiger partial charge >= 0.3 is 0 Å². The van der Waals surface area contributed by atoms with Crippen LogP contribution in [-0.2, 0) is 9.84 Å². The van der Waals surface area contributed by atoms with E-state index in [-0.39, 0.29) is 9.80 Å². The monoisotopic (exact) mass is 309 g/mol. The lowest BCUT2D eigenvalue weighted by Crippen LogP contribution is -2.03. The molecule has 0 spiro atoms. The summed E-state index contributed by atoms with van der Waals surface area (Å²) in [4.78, 5) is -0.150. The van der Waals surface area contributed by atoms with Crippen LogP contribution in [0.2, 0.25) is 0 Å². The van der Waals surface area contributed by atoms with Gasteiger partial charge in [-0.2, -0.15) is 5.26 Å². The second-order valence-electron chi connectivity index (χ2n) is 4.73. The fraction of sp³-hybridized carbons (Fsp3) is 0.0556. The van der Waals surface area contributed by atoms with Crippen LogP contribution >= 0.6 is 0 Å². The van der Waals surface area contributed by atoms with E-state index in [0.717, 1.165) is 11.1 Å². The summed E-state index contributed by atoms with van der Waals surface area (Å²) in [5.74, 6) is 0. The SMILES string of the molecule is Cc1ccc(S(=O)(=O)/C(C#N)=C\C=C/c2ccccc2)cc1. The van der Waals surface area contributed by atoms with Crippen LogP contribution in [0.1, 0.15) is 11.1 Å². The topological polar surface area (TPSA) is 57.9 Å². The third-order valence-electron chi connectivity index (χ3n) is 3.07. The van der Waals surface area contributed by atoms with Crippen molar-refractivity contribution in [3.8, 4) is 6.07 Å². The van der Waals surface area contributed by atoms with Crippen molar-refractivity contribution in [1.82, 2.24) is 0 Å². The van der Waals surface area contributed by atoms with Gasteiger partial charge < -0.3 is 0 Å². The molecule has 0 bridgehead atoms. The minimum Gasteiger partial charge on any atom is -0.218 e. The number of nitrogens with zero attached hydrogens (tertiary/aromatic N) is 1. The Balaban J connectivity index is 2.31. The van der Waals surface area contributed by atoms with E-state index >= 15 is 0 Å². The molecule has 2 aromatic carbocycles. The second kappa shape index (κ2) is 6.88. The average Bonchev–Trinajstić information content (AvgIpc) is 2.53. The maximum absolute atomic E-state index is 12.4. The van der Waals surface area contributed by atoms with Crippen molar-refractivity contribution in [2.45, 2.75) is 11.8 Å². The average molecular weight is 309 g/mol.